The van der Waals surface area contributed by atoms with Gasteiger partial charge in [-0.3, -0.25) is 4.79 Å². The smallest absolute Gasteiger partial charge is 0.233 e. The molecule has 1 unspecified atom stereocenters. The highest BCUT2D eigenvalue weighted by Gasteiger charge is 2.07. The highest BCUT2D eigenvalue weighted by Crippen LogP contribution is 2.17. The fraction of sp³-hybridized carbons (Fsp3) is 0.533. The number of ether oxygens (including phenoxy) is 1. The predicted molar refractivity (Wildman–Crippen MR) is 77.3 cm³/mol. The Balaban J connectivity index is 2.43. The van der Waals surface area contributed by atoms with Crippen LogP contribution in [0, 0.1) is 0 Å². The number of likely N-dealkylation sites (N-methyl/N-ethyl adjacent to an activating group) is 1. The van der Waals surface area contributed by atoms with Crippen molar-refractivity contribution in [2.24, 2.45) is 0 Å². The molecule has 0 radical (unpaired) electrons. The molecule has 0 bridgehead atoms. The van der Waals surface area contributed by atoms with Crippen LogP contribution in [0.25, 0.3) is 0 Å². The average molecular weight is 264 g/mol. The fourth-order valence-corrected chi connectivity index (χ4v) is 1.70. The minimum atomic E-state index is 0.0252. The molecular weight excluding hydrogens is 240 g/mol. The molecule has 0 aliphatic rings. The molecule has 0 saturated carbocycles. The van der Waals surface area contributed by atoms with E-state index in [0.29, 0.717) is 13.1 Å². The predicted octanol–water partition coefficient (Wildman–Crippen LogP) is 2.26. The Labute approximate surface area is 115 Å². The van der Waals surface area contributed by atoms with E-state index in [9.17, 15) is 4.79 Å². The van der Waals surface area contributed by atoms with E-state index in [1.165, 1.54) is 0 Å². The van der Waals surface area contributed by atoms with Gasteiger partial charge in [0.1, 0.15) is 5.75 Å². The molecule has 0 fully saturated rings. The van der Waals surface area contributed by atoms with Crippen molar-refractivity contribution in [3.8, 4) is 5.75 Å². The Bertz CT molecular complexity index is 376. The molecule has 0 heterocycles. The zero-order valence-corrected chi connectivity index (χ0v) is 12.0. The molecule has 0 aromatic heterocycles. The number of benzene rings is 1. The number of nitrogens with one attached hydrogen (secondary N) is 2. The minimum Gasteiger partial charge on any atom is -0.494 e. The monoisotopic (exact) mass is 264 g/mol. The number of amides is 1. The molecule has 1 amide bonds. The van der Waals surface area contributed by atoms with Crippen molar-refractivity contribution in [2.45, 2.75) is 33.2 Å². The zero-order chi connectivity index (χ0) is 14.1. The van der Waals surface area contributed by atoms with Crippen LogP contribution < -0.4 is 15.4 Å². The van der Waals surface area contributed by atoms with Crippen LogP contribution in [0.1, 0.15) is 38.8 Å². The van der Waals surface area contributed by atoms with Crippen LogP contribution in [0.15, 0.2) is 24.3 Å². The largest absolute Gasteiger partial charge is 0.494 e. The normalized spacial score (nSPS) is 11.9. The minimum absolute atomic E-state index is 0.0252. The van der Waals surface area contributed by atoms with Gasteiger partial charge in [-0.05, 0) is 38.0 Å². The van der Waals surface area contributed by atoms with E-state index in [2.05, 4.69) is 17.6 Å². The molecule has 0 saturated heterocycles. The Hall–Kier alpha value is -1.55. The van der Waals surface area contributed by atoms with Gasteiger partial charge in [0.05, 0.1) is 13.2 Å². The first-order valence-electron chi connectivity index (χ1n) is 6.90. The Morgan fingerprint density at radius 3 is 2.53 bits per heavy atom. The second kappa shape index (κ2) is 8.53. The Morgan fingerprint density at radius 2 is 1.95 bits per heavy atom. The van der Waals surface area contributed by atoms with Gasteiger partial charge in [0.15, 0.2) is 0 Å². The maximum absolute atomic E-state index is 11.4. The number of hydrogen-bond acceptors (Lipinski definition) is 3. The van der Waals surface area contributed by atoms with Crippen LogP contribution in [0.3, 0.4) is 0 Å². The maximum atomic E-state index is 11.4. The van der Waals surface area contributed by atoms with Gasteiger partial charge in [0, 0.05) is 12.6 Å². The lowest BCUT2D eigenvalue weighted by atomic mass is 10.1. The van der Waals surface area contributed by atoms with Gasteiger partial charge in [-0.1, -0.05) is 19.1 Å². The van der Waals surface area contributed by atoms with Gasteiger partial charge < -0.3 is 15.4 Å². The van der Waals surface area contributed by atoms with Gasteiger partial charge in [0.25, 0.3) is 0 Å². The highest BCUT2D eigenvalue weighted by atomic mass is 16.5. The maximum Gasteiger partial charge on any atom is 0.233 e. The zero-order valence-electron chi connectivity index (χ0n) is 12.0. The second-order valence-corrected chi connectivity index (χ2v) is 4.47. The Morgan fingerprint density at radius 1 is 1.26 bits per heavy atom. The number of hydrogen-bond donors (Lipinski definition) is 2. The van der Waals surface area contributed by atoms with Crippen molar-refractivity contribution in [3.63, 3.8) is 0 Å². The summed E-state index contributed by atoms with van der Waals surface area (Å²) in [6.45, 7) is 7.78. The lowest BCUT2D eigenvalue weighted by Gasteiger charge is -2.14. The fourth-order valence-electron chi connectivity index (χ4n) is 1.70. The van der Waals surface area contributed by atoms with E-state index in [1.807, 2.05) is 38.1 Å². The van der Waals surface area contributed by atoms with Crippen LogP contribution >= 0.6 is 0 Å². The third kappa shape index (κ3) is 5.75. The number of rotatable bonds is 8. The molecule has 2 N–H and O–H groups in total. The summed E-state index contributed by atoms with van der Waals surface area (Å²) >= 11 is 0. The first-order valence-corrected chi connectivity index (χ1v) is 6.90. The van der Waals surface area contributed by atoms with Crippen molar-refractivity contribution in [1.82, 2.24) is 10.6 Å². The highest BCUT2D eigenvalue weighted by molar-refractivity contribution is 5.77. The summed E-state index contributed by atoms with van der Waals surface area (Å²) in [6, 6.07) is 8.13. The SMILES string of the molecule is CCCOc1ccc(C(C)NCC(=O)NCC)cc1. The molecule has 0 aliphatic carbocycles. The molecule has 4 nitrogen and oxygen atoms in total. The van der Waals surface area contributed by atoms with E-state index in [1.54, 1.807) is 0 Å². The molecule has 1 rings (SSSR count). The quantitative estimate of drug-likeness (QED) is 0.757. The van der Waals surface area contributed by atoms with Crippen LogP contribution in [0.2, 0.25) is 0 Å². The number of carbonyl (C=O) groups excluding carboxylic acids is 1. The van der Waals surface area contributed by atoms with Crippen LogP contribution in [-0.2, 0) is 4.79 Å². The van der Waals surface area contributed by atoms with E-state index < -0.39 is 0 Å². The van der Waals surface area contributed by atoms with Crippen LogP contribution in [0.5, 0.6) is 5.75 Å². The summed E-state index contributed by atoms with van der Waals surface area (Å²) in [5, 5.41) is 5.96. The van der Waals surface area contributed by atoms with Gasteiger partial charge >= 0.3 is 0 Å². The third-order valence-corrected chi connectivity index (χ3v) is 2.80. The summed E-state index contributed by atoms with van der Waals surface area (Å²) in [4.78, 5) is 11.4. The summed E-state index contributed by atoms with van der Waals surface area (Å²) in [7, 11) is 0. The lowest BCUT2D eigenvalue weighted by molar-refractivity contribution is -0.120. The second-order valence-electron chi connectivity index (χ2n) is 4.47. The van der Waals surface area contributed by atoms with Crippen molar-refractivity contribution in [2.75, 3.05) is 19.7 Å². The van der Waals surface area contributed by atoms with E-state index in [4.69, 9.17) is 4.74 Å². The molecule has 0 aliphatic heterocycles. The van der Waals surface area contributed by atoms with Crippen molar-refractivity contribution < 1.29 is 9.53 Å². The van der Waals surface area contributed by atoms with E-state index >= 15 is 0 Å². The molecule has 1 aromatic rings. The topological polar surface area (TPSA) is 50.4 Å². The van der Waals surface area contributed by atoms with Crippen LogP contribution in [-0.4, -0.2) is 25.6 Å². The summed E-state index contributed by atoms with van der Waals surface area (Å²) in [5.74, 6) is 0.916. The first kappa shape index (κ1) is 15.5. The van der Waals surface area contributed by atoms with E-state index in [-0.39, 0.29) is 11.9 Å². The summed E-state index contributed by atoms with van der Waals surface area (Å²) < 4.78 is 5.54. The van der Waals surface area contributed by atoms with Crippen molar-refractivity contribution in [1.29, 1.82) is 0 Å². The molecule has 106 valence electrons. The van der Waals surface area contributed by atoms with Crippen molar-refractivity contribution >= 4 is 5.91 Å². The van der Waals surface area contributed by atoms with Gasteiger partial charge in [0.2, 0.25) is 5.91 Å². The molecule has 1 aromatic carbocycles. The standard InChI is InChI=1S/C15H24N2O2/c1-4-10-19-14-8-6-13(7-9-14)12(3)17-11-15(18)16-5-2/h6-9,12,17H,4-5,10-11H2,1-3H3,(H,16,18). The Kier molecular flexibility index (Phi) is 6.97. The molecule has 4 heteroatoms. The molecule has 0 spiro atoms. The molecule has 1 atom stereocenters. The van der Waals surface area contributed by atoms with Crippen molar-refractivity contribution in [3.05, 3.63) is 29.8 Å². The number of carbonyl (C=O) groups is 1. The van der Waals surface area contributed by atoms with Crippen LogP contribution in [0.4, 0.5) is 0 Å². The van der Waals surface area contributed by atoms with Gasteiger partial charge in [-0.25, -0.2) is 0 Å². The molecule has 19 heavy (non-hydrogen) atoms. The molecular formula is C15H24N2O2. The average Bonchev–Trinajstić information content (AvgIpc) is 2.43. The van der Waals surface area contributed by atoms with Gasteiger partial charge in [-0.15, -0.1) is 0 Å². The van der Waals surface area contributed by atoms with Gasteiger partial charge in [-0.2, -0.15) is 0 Å². The van der Waals surface area contributed by atoms with E-state index in [0.717, 1.165) is 24.3 Å². The summed E-state index contributed by atoms with van der Waals surface area (Å²) in [5.41, 5.74) is 1.15. The first-order chi connectivity index (χ1) is 9.17. The third-order valence-electron chi connectivity index (χ3n) is 2.80. The lowest BCUT2D eigenvalue weighted by Crippen LogP contribution is -2.34. The summed E-state index contributed by atoms with van der Waals surface area (Å²) in [6.07, 6.45) is 1.01.